The molecule has 29 heavy (non-hydrogen) atoms. The number of benzene rings is 4. The maximum Gasteiger partial charge on any atom is 0.413 e. The minimum atomic E-state index is -1.81. The van der Waals surface area contributed by atoms with E-state index in [1.54, 1.807) is 0 Å². The fourth-order valence-electron chi connectivity index (χ4n) is 3.24. The summed E-state index contributed by atoms with van der Waals surface area (Å²) in [5.74, 6) is 0. The van der Waals surface area contributed by atoms with Crippen molar-refractivity contribution >= 4 is 97.8 Å². The summed E-state index contributed by atoms with van der Waals surface area (Å²) in [5, 5.41) is 8.09. The highest BCUT2D eigenvalue weighted by molar-refractivity contribution is 6.71. The molecule has 5 nitrogen and oxygen atoms in total. The summed E-state index contributed by atoms with van der Waals surface area (Å²) in [6.45, 7) is 0. The SMILES string of the molecule is [Si]O[Si]O[Si]O[Si]O[Si](O[Si])c1cccc2ccc3cc4ccccc4cc3c12. The third-order valence-electron chi connectivity index (χ3n) is 4.38. The Morgan fingerprint density at radius 3 is 2.21 bits per heavy atom. The molecule has 0 aliphatic rings. The van der Waals surface area contributed by atoms with E-state index in [0.29, 0.717) is 0 Å². The van der Waals surface area contributed by atoms with Gasteiger partial charge in [0, 0.05) is 5.19 Å². The molecule has 13 radical (unpaired) electrons. The summed E-state index contributed by atoms with van der Waals surface area (Å²) in [7, 11) is 3.79. The smallest absolute Gasteiger partial charge is 0.413 e. The molecule has 0 fully saturated rings. The topological polar surface area (TPSA) is 46.2 Å². The maximum atomic E-state index is 5.92. The highest BCUT2D eigenvalue weighted by Crippen LogP contribution is 2.29. The van der Waals surface area contributed by atoms with Crippen molar-refractivity contribution in [2.45, 2.75) is 0 Å². The number of rotatable bonds is 9. The summed E-state index contributed by atoms with van der Waals surface area (Å²) in [6, 6.07) is 23.3. The van der Waals surface area contributed by atoms with E-state index in [4.69, 9.17) is 16.5 Å². The second kappa shape index (κ2) is 10.2. The lowest BCUT2D eigenvalue weighted by atomic mass is 9.98. The number of hydrogen-bond acceptors (Lipinski definition) is 5. The standard InChI is InChI=1S/C18H11O5Si6/c24-19-26-21-27-22-28-23-29(20-25)17-7-3-6-12-8-9-15-10-13-4-1-2-5-14(13)11-16(15)18(12)17/h1-11H. The first kappa shape index (κ1) is 21.0. The molecule has 0 aliphatic carbocycles. The molecule has 0 aromatic heterocycles. The predicted octanol–water partition coefficient (Wildman–Crippen LogP) is 1.69. The zero-order valence-electron chi connectivity index (χ0n) is 14.9. The Kier molecular flexibility index (Phi) is 7.38. The molecule has 4 aromatic rings. The van der Waals surface area contributed by atoms with E-state index in [9.17, 15) is 0 Å². The van der Waals surface area contributed by atoms with Crippen LogP contribution in [0.5, 0.6) is 0 Å². The van der Waals surface area contributed by atoms with Crippen LogP contribution in [0.2, 0.25) is 0 Å². The highest BCUT2D eigenvalue weighted by atomic mass is 28.4. The quantitative estimate of drug-likeness (QED) is 0.160. The van der Waals surface area contributed by atoms with Crippen molar-refractivity contribution in [3.05, 3.63) is 66.7 Å². The average molecular weight is 476 g/mol. The first-order chi connectivity index (χ1) is 14.3. The lowest BCUT2D eigenvalue weighted by molar-refractivity contribution is 0.384. The van der Waals surface area contributed by atoms with Gasteiger partial charge in [-0.05, 0) is 44.5 Å². The Morgan fingerprint density at radius 2 is 1.41 bits per heavy atom. The molecule has 0 atom stereocenters. The van der Waals surface area contributed by atoms with Crippen molar-refractivity contribution in [3.8, 4) is 0 Å². The van der Waals surface area contributed by atoms with Gasteiger partial charge in [0.15, 0.2) is 0 Å². The molecular formula is C18H11O5Si6. The molecule has 0 saturated carbocycles. The van der Waals surface area contributed by atoms with Gasteiger partial charge in [-0.15, -0.1) is 0 Å². The zero-order valence-corrected chi connectivity index (χ0v) is 20.9. The summed E-state index contributed by atoms with van der Waals surface area (Å²) in [4.78, 5) is 0. The maximum absolute atomic E-state index is 5.92. The second-order valence-corrected chi connectivity index (χ2v) is 11.6. The van der Waals surface area contributed by atoms with Crippen LogP contribution in [-0.4, -0.2) is 60.3 Å². The minimum absolute atomic E-state index is 0.121. The normalized spacial score (nSPS) is 11.8. The van der Waals surface area contributed by atoms with Crippen molar-refractivity contribution < 1.29 is 20.6 Å². The van der Waals surface area contributed by atoms with Gasteiger partial charge in [-0.1, -0.05) is 54.6 Å². The highest BCUT2D eigenvalue weighted by Gasteiger charge is 2.22. The van der Waals surface area contributed by atoms with Crippen molar-refractivity contribution in [2.24, 2.45) is 0 Å². The van der Waals surface area contributed by atoms with E-state index in [1.807, 2.05) is 6.07 Å². The predicted molar refractivity (Wildman–Crippen MR) is 119 cm³/mol. The lowest BCUT2D eigenvalue weighted by Gasteiger charge is -2.16. The van der Waals surface area contributed by atoms with Gasteiger partial charge in [-0.3, -0.25) is 0 Å². The van der Waals surface area contributed by atoms with E-state index in [2.05, 4.69) is 85.8 Å². The summed E-state index contributed by atoms with van der Waals surface area (Å²) in [5.41, 5.74) is 0. The molecule has 11 heteroatoms. The van der Waals surface area contributed by atoms with Gasteiger partial charge in [0.05, 0.1) is 0 Å². The zero-order chi connectivity index (χ0) is 20.1. The van der Waals surface area contributed by atoms with E-state index < -0.39 is 9.28 Å². The van der Waals surface area contributed by atoms with E-state index >= 15 is 0 Å². The Morgan fingerprint density at radius 1 is 0.690 bits per heavy atom. The van der Waals surface area contributed by atoms with E-state index in [0.717, 1.165) is 16.0 Å². The van der Waals surface area contributed by atoms with Crippen molar-refractivity contribution in [2.75, 3.05) is 0 Å². The van der Waals surface area contributed by atoms with Crippen LogP contribution in [0.3, 0.4) is 0 Å². The average Bonchev–Trinajstić information content (AvgIpc) is 2.77. The number of hydrogen-bond donors (Lipinski definition) is 0. The summed E-state index contributed by atoms with van der Waals surface area (Å²) < 4.78 is 26.6. The van der Waals surface area contributed by atoms with Gasteiger partial charge >= 0.3 is 39.3 Å². The Bertz CT molecular complexity index is 1130. The molecule has 0 bridgehead atoms. The summed E-state index contributed by atoms with van der Waals surface area (Å²) in [6.07, 6.45) is 0. The van der Waals surface area contributed by atoms with Gasteiger partial charge in [-0.2, -0.15) is 0 Å². The molecule has 4 aromatic carbocycles. The van der Waals surface area contributed by atoms with E-state index in [-0.39, 0.29) is 30.0 Å². The molecule has 0 N–H and O–H groups in total. The molecule has 0 saturated heterocycles. The molecule has 0 spiro atoms. The van der Waals surface area contributed by atoms with Gasteiger partial charge in [-0.25, -0.2) is 0 Å². The molecule has 0 unspecified atom stereocenters. The first-order valence-electron chi connectivity index (χ1n) is 8.43. The largest absolute Gasteiger partial charge is 0.435 e. The Balaban J connectivity index is 1.71. The van der Waals surface area contributed by atoms with Gasteiger partial charge < -0.3 is 20.6 Å². The van der Waals surface area contributed by atoms with Crippen LogP contribution in [0, 0.1) is 0 Å². The third-order valence-corrected chi connectivity index (χ3v) is 8.72. The molecular weight excluding hydrogens is 465 g/mol. The van der Waals surface area contributed by atoms with E-state index in [1.165, 1.54) is 21.5 Å². The molecule has 0 amide bonds. The molecule has 0 heterocycles. The van der Waals surface area contributed by atoms with Crippen LogP contribution in [0.25, 0.3) is 32.3 Å². The third kappa shape index (κ3) is 4.75. The monoisotopic (exact) mass is 475 g/mol. The van der Waals surface area contributed by atoms with Crippen LogP contribution in [0.4, 0.5) is 0 Å². The van der Waals surface area contributed by atoms with Gasteiger partial charge in [0.25, 0.3) is 0 Å². The molecule has 137 valence electrons. The molecule has 0 aliphatic heterocycles. The van der Waals surface area contributed by atoms with Crippen molar-refractivity contribution in [1.29, 1.82) is 0 Å². The Hall–Kier alpha value is -1.24. The van der Waals surface area contributed by atoms with Gasteiger partial charge in [0.1, 0.15) is 0 Å². The van der Waals surface area contributed by atoms with Crippen molar-refractivity contribution in [1.82, 2.24) is 0 Å². The van der Waals surface area contributed by atoms with Crippen LogP contribution in [0.1, 0.15) is 0 Å². The van der Waals surface area contributed by atoms with Crippen LogP contribution in [0.15, 0.2) is 66.7 Å². The van der Waals surface area contributed by atoms with Crippen LogP contribution >= 0.6 is 0 Å². The lowest BCUT2D eigenvalue weighted by Crippen LogP contribution is -2.39. The Labute approximate surface area is 184 Å². The second-order valence-electron chi connectivity index (χ2n) is 5.94. The molecule has 4 rings (SSSR count). The number of fused-ring (bicyclic) bond motifs is 4. The van der Waals surface area contributed by atoms with Gasteiger partial charge in [0.2, 0.25) is 21.0 Å². The minimum Gasteiger partial charge on any atom is -0.435 e. The van der Waals surface area contributed by atoms with Crippen molar-refractivity contribution in [3.63, 3.8) is 0 Å². The fourth-order valence-corrected chi connectivity index (χ4v) is 7.57. The first-order valence-corrected chi connectivity index (χ1v) is 13.0. The fraction of sp³-hybridized carbons (Fsp3) is 0. The summed E-state index contributed by atoms with van der Waals surface area (Å²) >= 11 is 0. The van der Waals surface area contributed by atoms with Crippen LogP contribution < -0.4 is 5.19 Å². The van der Waals surface area contributed by atoms with Crippen LogP contribution in [-0.2, 0) is 20.6 Å².